The maximum Gasteiger partial charge on any atom is 0.0458 e. The van der Waals surface area contributed by atoms with E-state index in [-0.39, 0.29) is 0 Å². The van der Waals surface area contributed by atoms with E-state index in [1.54, 1.807) is 0 Å². The van der Waals surface area contributed by atoms with Gasteiger partial charge >= 0.3 is 0 Å². The third-order valence-corrected chi connectivity index (χ3v) is 5.70. The van der Waals surface area contributed by atoms with Crippen molar-refractivity contribution >= 4 is 16.8 Å². The SMILES string of the molecule is C=C(C)/C=C\C(=CC)N(/C(C)=C/C=C(\C)c1ccccc1)c1ccc(C2=CCCC=C2)cc1. The minimum Gasteiger partial charge on any atom is -0.315 e. The van der Waals surface area contributed by atoms with E-state index in [9.17, 15) is 0 Å². The zero-order valence-electron chi connectivity index (χ0n) is 20.4. The maximum absolute atomic E-state index is 4.03. The van der Waals surface area contributed by atoms with Crippen molar-refractivity contribution in [3.8, 4) is 0 Å². The van der Waals surface area contributed by atoms with Crippen LogP contribution in [0.3, 0.4) is 0 Å². The molecule has 0 fully saturated rings. The molecule has 168 valence electrons. The van der Waals surface area contributed by atoms with Crippen LogP contribution in [0.15, 0.2) is 127 Å². The molecule has 0 saturated heterocycles. The van der Waals surface area contributed by atoms with Gasteiger partial charge in [0, 0.05) is 17.1 Å². The average molecular weight is 434 g/mol. The molecule has 0 unspecified atom stereocenters. The first-order chi connectivity index (χ1) is 16.0. The van der Waals surface area contributed by atoms with Crippen LogP contribution in [0.25, 0.3) is 11.1 Å². The molecule has 1 nitrogen and oxygen atoms in total. The summed E-state index contributed by atoms with van der Waals surface area (Å²) in [4.78, 5) is 2.29. The molecule has 0 amide bonds. The predicted molar refractivity (Wildman–Crippen MR) is 147 cm³/mol. The highest BCUT2D eigenvalue weighted by Gasteiger charge is 2.12. The fraction of sp³-hybridized carbons (Fsp3) is 0.188. The minimum absolute atomic E-state index is 1.03. The first kappa shape index (κ1) is 24.1. The highest BCUT2D eigenvalue weighted by atomic mass is 15.1. The van der Waals surface area contributed by atoms with E-state index in [4.69, 9.17) is 0 Å². The topological polar surface area (TPSA) is 3.24 Å². The van der Waals surface area contributed by atoms with Crippen molar-refractivity contribution in [1.82, 2.24) is 0 Å². The molecule has 1 heteroatoms. The zero-order chi connectivity index (χ0) is 23.6. The van der Waals surface area contributed by atoms with E-state index >= 15 is 0 Å². The molecule has 0 spiro atoms. The Balaban J connectivity index is 1.98. The van der Waals surface area contributed by atoms with Crippen molar-refractivity contribution in [2.45, 2.75) is 40.5 Å². The van der Waals surface area contributed by atoms with Crippen molar-refractivity contribution in [2.75, 3.05) is 4.90 Å². The second kappa shape index (κ2) is 11.9. The molecule has 0 bridgehead atoms. The number of benzene rings is 2. The Bertz CT molecular complexity index is 1130. The van der Waals surface area contributed by atoms with Crippen LogP contribution in [0.4, 0.5) is 5.69 Å². The summed E-state index contributed by atoms with van der Waals surface area (Å²) in [5, 5.41) is 0. The number of nitrogens with zero attached hydrogens (tertiary/aromatic N) is 1. The molecule has 0 heterocycles. The molecule has 2 aromatic carbocycles. The smallest absolute Gasteiger partial charge is 0.0458 e. The first-order valence-electron chi connectivity index (χ1n) is 11.7. The fourth-order valence-corrected chi connectivity index (χ4v) is 3.83. The van der Waals surface area contributed by atoms with E-state index in [0.717, 1.165) is 35.5 Å². The Morgan fingerprint density at radius 1 is 0.879 bits per heavy atom. The summed E-state index contributed by atoms with van der Waals surface area (Å²) in [5.74, 6) is 0. The van der Waals surface area contributed by atoms with E-state index < -0.39 is 0 Å². The van der Waals surface area contributed by atoms with Gasteiger partial charge in [-0.2, -0.15) is 0 Å². The quantitative estimate of drug-likeness (QED) is 0.375. The Morgan fingerprint density at radius 3 is 2.21 bits per heavy atom. The van der Waals surface area contributed by atoms with Crippen molar-refractivity contribution in [3.63, 3.8) is 0 Å². The van der Waals surface area contributed by atoms with Gasteiger partial charge in [-0.25, -0.2) is 0 Å². The normalized spacial score (nSPS) is 15.0. The van der Waals surface area contributed by atoms with Gasteiger partial charge in [-0.1, -0.05) is 91.1 Å². The van der Waals surface area contributed by atoms with Gasteiger partial charge in [-0.3, -0.25) is 0 Å². The lowest BCUT2D eigenvalue weighted by atomic mass is 9.99. The predicted octanol–water partition coefficient (Wildman–Crippen LogP) is 9.27. The summed E-state index contributed by atoms with van der Waals surface area (Å²) >= 11 is 0. The van der Waals surface area contributed by atoms with Crippen LogP contribution in [0.1, 0.15) is 51.7 Å². The van der Waals surface area contributed by atoms with Crippen LogP contribution in [0.2, 0.25) is 0 Å². The molecule has 1 aliphatic carbocycles. The highest BCUT2D eigenvalue weighted by molar-refractivity contribution is 5.76. The van der Waals surface area contributed by atoms with E-state index in [1.807, 2.05) is 6.92 Å². The maximum atomic E-state index is 4.03. The van der Waals surface area contributed by atoms with Crippen LogP contribution in [0, 0.1) is 0 Å². The molecule has 2 aromatic rings. The average Bonchev–Trinajstić information content (AvgIpc) is 2.86. The second-order valence-electron chi connectivity index (χ2n) is 8.44. The number of allylic oxidation sites excluding steroid dienone is 12. The Labute approximate surface area is 200 Å². The van der Waals surface area contributed by atoms with Crippen LogP contribution in [-0.2, 0) is 0 Å². The van der Waals surface area contributed by atoms with Crippen molar-refractivity contribution < 1.29 is 0 Å². The second-order valence-corrected chi connectivity index (χ2v) is 8.44. The van der Waals surface area contributed by atoms with Crippen LogP contribution in [0.5, 0.6) is 0 Å². The number of hydrogen-bond donors (Lipinski definition) is 0. The number of hydrogen-bond acceptors (Lipinski definition) is 1. The summed E-state index contributed by atoms with van der Waals surface area (Å²) in [5.41, 5.74) is 9.47. The molecular formula is C32H35N. The molecular weight excluding hydrogens is 398 g/mol. The van der Waals surface area contributed by atoms with Crippen molar-refractivity contribution in [3.05, 3.63) is 138 Å². The summed E-state index contributed by atoms with van der Waals surface area (Å²) in [6.45, 7) is 12.4. The standard InChI is InChI=1S/C32H35N/c1-6-31(22-17-25(2)3)33(27(5)19-18-26(4)28-13-9-7-10-14-28)32-23-20-30(21-24-32)29-15-11-8-12-16-29/h6-7,9-11,13-24H,2,8,12H2,1,3-5H3/b22-17-,26-18+,27-19+,31-6?. The van der Waals surface area contributed by atoms with Crippen LogP contribution in [-0.4, -0.2) is 0 Å². The summed E-state index contributed by atoms with van der Waals surface area (Å²) in [6.07, 6.45) is 19.8. The Morgan fingerprint density at radius 2 is 1.61 bits per heavy atom. The molecule has 33 heavy (non-hydrogen) atoms. The van der Waals surface area contributed by atoms with Gasteiger partial charge in [0.15, 0.2) is 0 Å². The minimum atomic E-state index is 1.03. The molecule has 0 saturated carbocycles. The van der Waals surface area contributed by atoms with Gasteiger partial charge in [0.05, 0.1) is 0 Å². The number of rotatable bonds is 8. The van der Waals surface area contributed by atoms with Gasteiger partial charge < -0.3 is 4.90 Å². The monoisotopic (exact) mass is 433 g/mol. The largest absolute Gasteiger partial charge is 0.315 e. The molecule has 0 aromatic heterocycles. The molecule has 3 rings (SSSR count). The van der Waals surface area contributed by atoms with Gasteiger partial charge in [0.2, 0.25) is 0 Å². The van der Waals surface area contributed by atoms with E-state index in [1.165, 1.54) is 22.3 Å². The molecule has 0 atom stereocenters. The summed E-state index contributed by atoms with van der Waals surface area (Å²) in [6, 6.07) is 19.4. The summed E-state index contributed by atoms with van der Waals surface area (Å²) in [7, 11) is 0. The Kier molecular flexibility index (Phi) is 8.66. The first-order valence-corrected chi connectivity index (χ1v) is 11.7. The third kappa shape index (κ3) is 6.70. The fourth-order valence-electron chi connectivity index (χ4n) is 3.83. The zero-order valence-corrected chi connectivity index (χ0v) is 20.4. The van der Waals surface area contributed by atoms with Gasteiger partial charge in [0.1, 0.15) is 0 Å². The van der Waals surface area contributed by atoms with Gasteiger partial charge in [-0.05, 0) is 87.1 Å². The lowest BCUT2D eigenvalue weighted by Crippen LogP contribution is -2.19. The molecule has 0 N–H and O–H groups in total. The number of anilines is 1. The third-order valence-electron chi connectivity index (χ3n) is 5.70. The van der Waals surface area contributed by atoms with Crippen LogP contribution >= 0.6 is 0 Å². The van der Waals surface area contributed by atoms with Crippen molar-refractivity contribution in [1.29, 1.82) is 0 Å². The molecule has 1 aliphatic rings. The van der Waals surface area contributed by atoms with E-state index in [0.29, 0.717) is 0 Å². The van der Waals surface area contributed by atoms with Gasteiger partial charge in [-0.15, -0.1) is 0 Å². The summed E-state index contributed by atoms with van der Waals surface area (Å²) < 4.78 is 0. The lowest BCUT2D eigenvalue weighted by Gasteiger charge is -2.27. The van der Waals surface area contributed by atoms with Crippen molar-refractivity contribution in [2.24, 2.45) is 0 Å². The van der Waals surface area contributed by atoms with E-state index in [2.05, 4.69) is 135 Å². The van der Waals surface area contributed by atoms with Gasteiger partial charge in [0.25, 0.3) is 0 Å². The Hall–Kier alpha value is -3.58. The molecule has 0 radical (unpaired) electrons. The molecule has 0 aliphatic heterocycles. The van der Waals surface area contributed by atoms with Crippen LogP contribution < -0.4 is 4.90 Å². The lowest BCUT2D eigenvalue weighted by molar-refractivity contribution is 1.04. The highest BCUT2D eigenvalue weighted by Crippen LogP contribution is 2.29.